The van der Waals surface area contributed by atoms with Crippen molar-refractivity contribution in [2.75, 3.05) is 5.32 Å². The predicted molar refractivity (Wildman–Crippen MR) is 84.2 cm³/mol. The van der Waals surface area contributed by atoms with Crippen LogP contribution in [0.5, 0.6) is 0 Å². The first kappa shape index (κ1) is 14.2. The molecule has 0 atom stereocenters. The number of carboxylic acids is 1. The fraction of sp³-hybridized carbons (Fsp3) is 0. The maximum atomic E-state index is 13.6. The Kier molecular flexibility index (Phi) is 3.84. The molecule has 2 aromatic carbocycles. The second kappa shape index (κ2) is 5.95. The van der Waals surface area contributed by atoms with E-state index in [1.54, 1.807) is 30.3 Å². The Morgan fingerprint density at radius 1 is 1.14 bits per heavy atom. The van der Waals surface area contributed by atoms with Crippen molar-refractivity contribution < 1.29 is 14.3 Å². The Balaban J connectivity index is 1.81. The first-order valence-corrected chi connectivity index (χ1v) is 7.32. The second-order valence-corrected chi connectivity index (χ2v) is 5.38. The van der Waals surface area contributed by atoms with E-state index in [0.29, 0.717) is 16.5 Å². The number of hydrogen-bond donors (Lipinski definition) is 2. The van der Waals surface area contributed by atoms with Crippen LogP contribution >= 0.6 is 11.3 Å². The van der Waals surface area contributed by atoms with Crippen LogP contribution < -0.4 is 5.32 Å². The Hall–Kier alpha value is -2.73. The van der Waals surface area contributed by atoms with Crippen LogP contribution in [0.2, 0.25) is 0 Å². The van der Waals surface area contributed by atoms with Gasteiger partial charge in [-0.1, -0.05) is 24.3 Å². The van der Waals surface area contributed by atoms with Crippen LogP contribution in [0.1, 0.15) is 10.4 Å². The van der Waals surface area contributed by atoms with Gasteiger partial charge < -0.3 is 10.4 Å². The van der Waals surface area contributed by atoms with Crippen molar-refractivity contribution in [1.82, 2.24) is 4.98 Å². The molecule has 3 rings (SSSR count). The van der Waals surface area contributed by atoms with E-state index in [1.807, 2.05) is 5.38 Å². The van der Waals surface area contributed by atoms with Crippen molar-refractivity contribution in [1.29, 1.82) is 0 Å². The monoisotopic (exact) mass is 314 g/mol. The number of para-hydroxylation sites is 1. The predicted octanol–water partition coefficient (Wildman–Crippen LogP) is 4.39. The van der Waals surface area contributed by atoms with Crippen LogP contribution in [-0.2, 0) is 0 Å². The molecule has 0 aliphatic carbocycles. The molecular formula is C16H11FN2O2S. The first-order chi connectivity index (χ1) is 10.6. The number of carbonyl (C=O) groups is 1. The molecule has 0 aliphatic rings. The van der Waals surface area contributed by atoms with Gasteiger partial charge >= 0.3 is 5.97 Å². The van der Waals surface area contributed by atoms with E-state index in [1.165, 1.54) is 29.5 Å². The molecule has 0 bridgehead atoms. The molecule has 0 unspecified atom stereocenters. The summed E-state index contributed by atoms with van der Waals surface area (Å²) >= 11 is 1.35. The summed E-state index contributed by atoms with van der Waals surface area (Å²) in [5.41, 5.74) is 2.11. The lowest BCUT2D eigenvalue weighted by atomic mass is 10.1. The number of rotatable bonds is 4. The SMILES string of the molecule is O=C(O)c1ccc(-c2csc(Nc3ccccc3F)n2)cc1. The lowest BCUT2D eigenvalue weighted by Gasteiger charge is -2.03. The molecule has 6 heteroatoms. The van der Waals surface area contributed by atoms with E-state index in [0.717, 1.165) is 5.56 Å². The van der Waals surface area contributed by atoms with E-state index in [2.05, 4.69) is 10.3 Å². The van der Waals surface area contributed by atoms with Crippen LogP contribution in [0.15, 0.2) is 53.9 Å². The van der Waals surface area contributed by atoms with E-state index in [4.69, 9.17) is 5.11 Å². The van der Waals surface area contributed by atoms with Crippen molar-refractivity contribution in [2.45, 2.75) is 0 Å². The van der Waals surface area contributed by atoms with Crippen LogP contribution in [0.4, 0.5) is 15.2 Å². The van der Waals surface area contributed by atoms with E-state index in [9.17, 15) is 9.18 Å². The third kappa shape index (κ3) is 2.96. The summed E-state index contributed by atoms with van der Waals surface area (Å²) in [6.07, 6.45) is 0. The Morgan fingerprint density at radius 2 is 1.86 bits per heavy atom. The summed E-state index contributed by atoms with van der Waals surface area (Å²) in [6.45, 7) is 0. The van der Waals surface area contributed by atoms with Gasteiger partial charge in [0.2, 0.25) is 0 Å². The van der Waals surface area contributed by atoms with Crippen LogP contribution in [0.3, 0.4) is 0 Å². The minimum atomic E-state index is -0.966. The van der Waals surface area contributed by atoms with Crippen molar-refractivity contribution in [3.63, 3.8) is 0 Å². The van der Waals surface area contributed by atoms with E-state index in [-0.39, 0.29) is 11.4 Å². The van der Waals surface area contributed by atoms with E-state index >= 15 is 0 Å². The van der Waals surface area contributed by atoms with Crippen molar-refractivity contribution in [3.05, 3.63) is 65.3 Å². The topological polar surface area (TPSA) is 62.2 Å². The zero-order valence-electron chi connectivity index (χ0n) is 11.3. The van der Waals surface area contributed by atoms with Gasteiger partial charge in [0.05, 0.1) is 16.9 Å². The molecule has 2 N–H and O–H groups in total. The molecule has 0 spiro atoms. The van der Waals surface area contributed by atoms with Gasteiger partial charge in [0, 0.05) is 10.9 Å². The Bertz CT molecular complexity index is 815. The maximum Gasteiger partial charge on any atom is 0.335 e. The van der Waals surface area contributed by atoms with Gasteiger partial charge in [0.15, 0.2) is 5.13 Å². The normalized spacial score (nSPS) is 10.4. The number of thiazole rings is 1. The molecule has 0 saturated heterocycles. The summed E-state index contributed by atoms with van der Waals surface area (Å²) in [7, 11) is 0. The zero-order valence-corrected chi connectivity index (χ0v) is 12.1. The highest BCUT2D eigenvalue weighted by Gasteiger charge is 2.08. The number of aromatic nitrogens is 1. The first-order valence-electron chi connectivity index (χ1n) is 6.44. The minimum Gasteiger partial charge on any atom is -0.478 e. The smallest absolute Gasteiger partial charge is 0.335 e. The number of aromatic carboxylic acids is 1. The summed E-state index contributed by atoms with van der Waals surface area (Å²) in [4.78, 5) is 15.2. The molecule has 3 aromatic rings. The molecular weight excluding hydrogens is 303 g/mol. The largest absolute Gasteiger partial charge is 0.478 e. The third-order valence-electron chi connectivity index (χ3n) is 3.05. The summed E-state index contributed by atoms with van der Waals surface area (Å²) in [5.74, 6) is -1.31. The fourth-order valence-corrected chi connectivity index (χ4v) is 2.66. The lowest BCUT2D eigenvalue weighted by molar-refractivity contribution is 0.0697. The summed E-state index contributed by atoms with van der Waals surface area (Å²) in [5, 5.41) is 14.2. The number of anilines is 2. The standard InChI is InChI=1S/C16H11FN2O2S/c17-12-3-1-2-4-13(12)18-16-19-14(9-22-16)10-5-7-11(8-6-10)15(20)21/h1-9H,(H,18,19)(H,20,21). The van der Waals surface area contributed by atoms with Crippen LogP contribution in [0.25, 0.3) is 11.3 Å². The number of benzene rings is 2. The van der Waals surface area contributed by atoms with Gasteiger partial charge in [-0.15, -0.1) is 11.3 Å². The quantitative estimate of drug-likeness (QED) is 0.749. The van der Waals surface area contributed by atoms with Crippen LogP contribution in [0, 0.1) is 5.82 Å². The highest BCUT2D eigenvalue weighted by Crippen LogP contribution is 2.28. The molecule has 1 aromatic heterocycles. The number of halogens is 1. The fourth-order valence-electron chi connectivity index (χ4n) is 1.93. The molecule has 0 aliphatic heterocycles. The lowest BCUT2D eigenvalue weighted by Crippen LogP contribution is -1.95. The van der Waals surface area contributed by atoms with Crippen LogP contribution in [-0.4, -0.2) is 16.1 Å². The molecule has 4 nitrogen and oxygen atoms in total. The molecule has 22 heavy (non-hydrogen) atoms. The average molecular weight is 314 g/mol. The summed E-state index contributed by atoms with van der Waals surface area (Å²) in [6, 6.07) is 12.8. The average Bonchev–Trinajstić information content (AvgIpc) is 2.98. The number of nitrogens with one attached hydrogen (secondary N) is 1. The molecule has 1 heterocycles. The Labute approximate surface area is 129 Å². The third-order valence-corrected chi connectivity index (χ3v) is 3.80. The van der Waals surface area contributed by atoms with E-state index < -0.39 is 5.97 Å². The maximum absolute atomic E-state index is 13.6. The molecule has 0 radical (unpaired) electrons. The van der Waals surface area contributed by atoms with Gasteiger partial charge in [-0.3, -0.25) is 0 Å². The number of nitrogens with zero attached hydrogens (tertiary/aromatic N) is 1. The van der Waals surface area contributed by atoms with Crippen molar-refractivity contribution in [3.8, 4) is 11.3 Å². The minimum absolute atomic E-state index is 0.226. The number of carboxylic acid groups (broad SMARTS) is 1. The molecule has 0 fully saturated rings. The molecule has 110 valence electrons. The van der Waals surface area contributed by atoms with Gasteiger partial charge in [0.25, 0.3) is 0 Å². The van der Waals surface area contributed by atoms with Gasteiger partial charge in [-0.2, -0.15) is 0 Å². The van der Waals surface area contributed by atoms with Crippen molar-refractivity contribution in [2.24, 2.45) is 0 Å². The van der Waals surface area contributed by atoms with Gasteiger partial charge in [-0.05, 0) is 24.3 Å². The van der Waals surface area contributed by atoms with Gasteiger partial charge in [0.1, 0.15) is 5.82 Å². The highest BCUT2D eigenvalue weighted by molar-refractivity contribution is 7.14. The molecule has 0 saturated carbocycles. The van der Waals surface area contributed by atoms with Gasteiger partial charge in [-0.25, -0.2) is 14.2 Å². The Morgan fingerprint density at radius 3 is 2.55 bits per heavy atom. The summed E-state index contributed by atoms with van der Waals surface area (Å²) < 4.78 is 13.6. The molecule has 0 amide bonds. The second-order valence-electron chi connectivity index (χ2n) is 4.53. The number of hydrogen-bond acceptors (Lipinski definition) is 4. The highest BCUT2D eigenvalue weighted by atomic mass is 32.1. The zero-order chi connectivity index (χ0) is 15.5. The van der Waals surface area contributed by atoms with Crippen molar-refractivity contribution >= 4 is 28.1 Å².